The summed E-state index contributed by atoms with van der Waals surface area (Å²) in [5.74, 6) is -0.739. The third-order valence-electron chi connectivity index (χ3n) is 4.42. The summed E-state index contributed by atoms with van der Waals surface area (Å²) < 4.78 is 40.0. The average molecular weight is 480 g/mol. The van der Waals surface area contributed by atoms with E-state index in [1.165, 1.54) is 16.6 Å². The lowest BCUT2D eigenvalue weighted by molar-refractivity contribution is -0.137. The van der Waals surface area contributed by atoms with Gasteiger partial charge in [0.1, 0.15) is 4.88 Å². The summed E-state index contributed by atoms with van der Waals surface area (Å²) >= 11 is 6.93. The number of benzene rings is 2. The van der Waals surface area contributed by atoms with Gasteiger partial charge in [-0.15, -0.1) is 5.10 Å². The lowest BCUT2D eigenvalue weighted by Crippen LogP contribution is -2.16. The molecule has 12 heteroatoms. The van der Waals surface area contributed by atoms with Gasteiger partial charge in [-0.05, 0) is 43.3 Å². The molecule has 0 radical (unpaired) electrons. The number of carbonyl (C=O) groups excluding carboxylic acids is 1. The third kappa shape index (κ3) is 4.30. The van der Waals surface area contributed by atoms with Crippen molar-refractivity contribution in [3.8, 4) is 11.4 Å². The van der Waals surface area contributed by atoms with Crippen LogP contribution in [0.5, 0.6) is 0 Å². The molecule has 0 fully saturated rings. The number of halogens is 4. The minimum atomic E-state index is -4.53. The first-order chi connectivity index (χ1) is 15.1. The molecule has 2 aromatic heterocycles. The molecule has 0 aliphatic heterocycles. The fourth-order valence-corrected chi connectivity index (χ4v) is 3.85. The van der Waals surface area contributed by atoms with Crippen molar-refractivity contribution in [2.24, 2.45) is 10.9 Å². The highest BCUT2D eigenvalue weighted by molar-refractivity contribution is 7.19. The van der Waals surface area contributed by atoms with Crippen LogP contribution in [-0.2, 0) is 11.0 Å². The molecule has 2 aromatic carbocycles. The van der Waals surface area contributed by atoms with Crippen LogP contribution in [0.15, 0.2) is 53.7 Å². The second-order valence-electron chi connectivity index (χ2n) is 6.59. The fraction of sp³-hybridized carbons (Fsp3) is 0.100. The lowest BCUT2D eigenvalue weighted by Gasteiger charge is -2.08. The molecular weight excluding hydrogens is 467 g/mol. The Labute approximate surface area is 187 Å². The minimum absolute atomic E-state index is 0.0281. The topological polar surface area (TPSA) is 94.9 Å². The highest BCUT2D eigenvalue weighted by Crippen LogP contribution is 2.30. The van der Waals surface area contributed by atoms with Crippen molar-refractivity contribution in [1.29, 1.82) is 0 Å². The fourth-order valence-electron chi connectivity index (χ4n) is 2.79. The van der Waals surface area contributed by atoms with E-state index in [4.69, 9.17) is 22.2 Å². The van der Waals surface area contributed by atoms with Crippen molar-refractivity contribution >= 4 is 39.7 Å². The van der Waals surface area contributed by atoms with Crippen LogP contribution in [0.3, 0.4) is 0 Å². The summed E-state index contributed by atoms with van der Waals surface area (Å²) in [6.45, 7) is 1.65. The number of amidine groups is 1. The monoisotopic (exact) mass is 479 g/mol. The van der Waals surface area contributed by atoms with Crippen molar-refractivity contribution in [3.63, 3.8) is 0 Å². The van der Waals surface area contributed by atoms with Crippen LogP contribution < -0.4 is 5.73 Å². The number of rotatable bonds is 4. The Morgan fingerprint density at radius 3 is 2.59 bits per heavy atom. The minimum Gasteiger partial charge on any atom is -0.380 e. The number of aromatic nitrogens is 3. The molecule has 0 saturated carbocycles. The molecule has 4 aromatic rings. The maximum atomic E-state index is 12.9. The van der Waals surface area contributed by atoms with Crippen LogP contribution in [0.25, 0.3) is 16.3 Å². The first-order valence-corrected chi connectivity index (χ1v) is 10.2. The summed E-state index contributed by atoms with van der Waals surface area (Å²) in [4.78, 5) is 22.3. The van der Waals surface area contributed by atoms with Crippen LogP contribution in [0.4, 0.5) is 13.2 Å². The number of nitrogens with two attached hydrogens (primary N) is 1. The predicted molar refractivity (Wildman–Crippen MR) is 114 cm³/mol. The Bertz CT molecular complexity index is 1350. The number of thiazole rings is 1. The molecular formula is C20H13ClF3N5O2S. The van der Waals surface area contributed by atoms with Gasteiger partial charge in [0.2, 0.25) is 4.96 Å². The largest absolute Gasteiger partial charge is 0.416 e. The number of aryl methyl sites for hydroxylation is 1. The van der Waals surface area contributed by atoms with Gasteiger partial charge in [-0.25, -0.2) is 9.31 Å². The Kier molecular flexibility index (Phi) is 5.61. The van der Waals surface area contributed by atoms with Crippen molar-refractivity contribution in [3.05, 3.63) is 75.3 Å². The molecule has 32 heavy (non-hydrogen) atoms. The Morgan fingerprint density at radius 1 is 1.22 bits per heavy atom. The van der Waals surface area contributed by atoms with Gasteiger partial charge in [-0.3, -0.25) is 0 Å². The van der Waals surface area contributed by atoms with Gasteiger partial charge in [-0.1, -0.05) is 40.2 Å². The zero-order valence-corrected chi connectivity index (χ0v) is 17.8. The quantitative estimate of drug-likeness (QED) is 0.194. The molecule has 0 amide bonds. The molecule has 2 N–H and O–H groups in total. The zero-order valence-electron chi connectivity index (χ0n) is 16.2. The number of oxime groups is 1. The van der Waals surface area contributed by atoms with Crippen LogP contribution in [-0.4, -0.2) is 26.4 Å². The Hall–Kier alpha value is -3.44. The number of carbonyl (C=O) groups is 1. The molecule has 0 aliphatic carbocycles. The van der Waals surface area contributed by atoms with E-state index in [-0.39, 0.29) is 16.3 Å². The Morgan fingerprint density at radius 2 is 1.94 bits per heavy atom. The number of hydrogen-bond acceptors (Lipinski definition) is 6. The van der Waals surface area contributed by atoms with Crippen molar-refractivity contribution in [1.82, 2.24) is 14.6 Å². The van der Waals surface area contributed by atoms with Gasteiger partial charge in [0.05, 0.1) is 11.3 Å². The van der Waals surface area contributed by atoms with E-state index in [0.29, 0.717) is 21.5 Å². The molecule has 164 valence electrons. The van der Waals surface area contributed by atoms with E-state index in [9.17, 15) is 18.0 Å². The van der Waals surface area contributed by atoms with E-state index in [0.717, 1.165) is 29.0 Å². The molecule has 4 rings (SSSR count). The molecule has 0 saturated heterocycles. The lowest BCUT2D eigenvalue weighted by atomic mass is 10.1. The second-order valence-corrected chi connectivity index (χ2v) is 8.00. The SMILES string of the molecule is Cc1c(C(=O)O/N=C(\N)c2cccc(C(F)(F)F)c2)sc2nc(-c3ccc(Cl)cc3)nn12. The predicted octanol–water partition coefficient (Wildman–Crippen LogP) is 4.92. The maximum Gasteiger partial charge on any atom is 0.416 e. The normalized spacial score (nSPS) is 12.3. The summed E-state index contributed by atoms with van der Waals surface area (Å²) in [5, 5.41) is 8.46. The van der Waals surface area contributed by atoms with Crippen molar-refractivity contribution < 1.29 is 22.8 Å². The maximum absolute atomic E-state index is 12.9. The van der Waals surface area contributed by atoms with Crippen LogP contribution in [0, 0.1) is 6.92 Å². The van der Waals surface area contributed by atoms with Crippen molar-refractivity contribution in [2.75, 3.05) is 0 Å². The number of fused-ring (bicyclic) bond motifs is 1. The average Bonchev–Trinajstić information content (AvgIpc) is 3.31. The molecule has 0 bridgehead atoms. The van der Waals surface area contributed by atoms with Crippen LogP contribution >= 0.6 is 22.9 Å². The number of alkyl halides is 3. The van der Waals surface area contributed by atoms with Gasteiger partial charge in [0, 0.05) is 16.1 Å². The van der Waals surface area contributed by atoms with Gasteiger partial charge >= 0.3 is 12.1 Å². The number of nitrogens with zero attached hydrogens (tertiary/aromatic N) is 4. The molecule has 7 nitrogen and oxygen atoms in total. The standard InChI is InChI=1S/C20H13ClF3N5O2S/c1-10-15(32-19-26-17(27-29(10)19)11-5-7-14(21)8-6-11)18(30)31-28-16(25)12-3-2-4-13(9-12)20(22,23)24/h2-9H,1H3,(H2,25,28). The molecule has 0 spiro atoms. The molecule has 0 unspecified atom stereocenters. The summed E-state index contributed by atoms with van der Waals surface area (Å²) in [7, 11) is 0. The van der Waals surface area contributed by atoms with Crippen molar-refractivity contribution in [2.45, 2.75) is 13.1 Å². The number of hydrogen-bond donors (Lipinski definition) is 1. The summed E-state index contributed by atoms with van der Waals surface area (Å²) in [6.07, 6.45) is -4.53. The van der Waals surface area contributed by atoms with Gasteiger partial charge < -0.3 is 10.6 Å². The van der Waals surface area contributed by atoms with E-state index in [1.54, 1.807) is 31.2 Å². The van der Waals surface area contributed by atoms with E-state index in [1.807, 2.05) is 0 Å². The van der Waals surface area contributed by atoms with Crippen LogP contribution in [0.1, 0.15) is 26.5 Å². The zero-order chi connectivity index (χ0) is 23.0. The Balaban J connectivity index is 1.54. The summed E-state index contributed by atoms with van der Waals surface area (Å²) in [6, 6.07) is 11.2. The van der Waals surface area contributed by atoms with E-state index in [2.05, 4.69) is 15.2 Å². The van der Waals surface area contributed by atoms with E-state index >= 15 is 0 Å². The third-order valence-corrected chi connectivity index (χ3v) is 5.78. The smallest absolute Gasteiger partial charge is 0.380 e. The van der Waals surface area contributed by atoms with Gasteiger partial charge in [-0.2, -0.15) is 18.2 Å². The van der Waals surface area contributed by atoms with Gasteiger partial charge in [0.25, 0.3) is 0 Å². The van der Waals surface area contributed by atoms with Gasteiger partial charge in [0.15, 0.2) is 11.7 Å². The van der Waals surface area contributed by atoms with Crippen LogP contribution in [0.2, 0.25) is 5.02 Å². The second kappa shape index (κ2) is 8.24. The highest BCUT2D eigenvalue weighted by atomic mass is 35.5. The molecule has 2 heterocycles. The summed E-state index contributed by atoms with van der Waals surface area (Å²) in [5.41, 5.74) is 6.00. The molecule has 0 atom stereocenters. The van der Waals surface area contributed by atoms with E-state index < -0.39 is 17.7 Å². The first kappa shape index (κ1) is 21.8. The first-order valence-electron chi connectivity index (χ1n) is 8.98. The molecule has 0 aliphatic rings. The highest BCUT2D eigenvalue weighted by Gasteiger charge is 2.30.